The van der Waals surface area contributed by atoms with Crippen LogP contribution in [0, 0.1) is 13.8 Å². The lowest BCUT2D eigenvalue weighted by Crippen LogP contribution is -2.04. The van der Waals surface area contributed by atoms with E-state index in [4.69, 9.17) is 5.73 Å². The third-order valence-electron chi connectivity index (χ3n) is 2.94. The van der Waals surface area contributed by atoms with E-state index in [2.05, 4.69) is 42.1 Å². The van der Waals surface area contributed by atoms with E-state index in [1.54, 1.807) is 0 Å². The van der Waals surface area contributed by atoms with Crippen LogP contribution in [0.2, 0.25) is 0 Å². The summed E-state index contributed by atoms with van der Waals surface area (Å²) < 4.78 is 1.81. The van der Waals surface area contributed by atoms with Crippen LogP contribution in [0.25, 0.3) is 11.4 Å². The van der Waals surface area contributed by atoms with Crippen LogP contribution in [-0.4, -0.2) is 21.3 Å². The highest BCUT2D eigenvalue weighted by atomic mass is 15.3. The maximum atomic E-state index is 5.51. The van der Waals surface area contributed by atoms with Crippen molar-refractivity contribution in [2.45, 2.75) is 20.3 Å². The van der Waals surface area contributed by atoms with Gasteiger partial charge in [-0.25, -0.2) is 9.67 Å². The largest absolute Gasteiger partial charge is 0.330 e. The van der Waals surface area contributed by atoms with Gasteiger partial charge in [0, 0.05) is 19.0 Å². The third kappa shape index (κ3) is 2.36. The number of aryl methyl sites for hydroxylation is 3. The van der Waals surface area contributed by atoms with Crippen molar-refractivity contribution in [2.75, 3.05) is 6.54 Å². The van der Waals surface area contributed by atoms with E-state index < -0.39 is 0 Å². The minimum Gasteiger partial charge on any atom is -0.330 e. The number of hydrogen-bond donors (Lipinski definition) is 1. The second-order valence-corrected chi connectivity index (χ2v) is 4.31. The average molecular weight is 230 g/mol. The quantitative estimate of drug-likeness (QED) is 0.871. The van der Waals surface area contributed by atoms with Gasteiger partial charge in [-0.15, -0.1) is 0 Å². The summed E-state index contributed by atoms with van der Waals surface area (Å²) in [5, 5.41) is 4.35. The highest BCUT2D eigenvalue weighted by molar-refractivity contribution is 5.57. The molecular weight excluding hydrogens is 212 g/mol. The van der Waals surface area contributed by atoms with E-state index >= 15 is 0 Å². The van der Waals surface area contributed by atoms with Crippen molar-refractivity contribution in [3.8, 4) is 11.4 Å². The topological polar surface area (TPSA) is 56.7 Å². The molecule has 0 aliphatic heterocycles. The molecule has 0 aliphatic carbocycles. The Balaban J connectivity index is 2.41. The van der Waals surface area contributed by atoms with E-state index in [0.717, 1.165) is 23.6 Å². The molecular formula is C13H18N4. The molecule has 0 bridgehead atoms. The Kier molecular flexibility index (Phi) is 3.24. The van der Waals surface area contributed by atoms with Gasteiger partial charge in [-0.2, -0.15) is 5.10 Å². The number of nitrogens with two attached hydrogens (primary N) is 1. The molecule has 1 aromatic heterocycles. The molecule has 0 fully saturated rings. The van der Waals surface area contributed by atoms with Crippen molar-refractivity contribution < 1.29 is 0 Å². The van der Waals surface area contributed by atoms with Crippen LogP contribution in [0.5, 0.6) is 0 Å². The summed E-state index contributed by atoms with van der Waals surface area (Å²) >= 11 is 0. The fourth-order valence-corrected chi connectivity index (χ4v) is 1.80. The number of rotatable bonds is 3. The molecule has 0 amide bonds. The van der Waals surface area contributed by atoms with Gasteiger partial charge < -0.3 is 5.73 Å². The lowest BCUT2D eigenvalue weighted by molar-refractivity contribution is 0.744. The van der Waals surface area contributed by atoms with Gasteiger partial charge in [0.1, 0.15) is 0 Å². The second-order valence-electron chi connectivity index (χ2n) is 4.31. The van der Waals surface area contributed by atoms with Crippen molar-refractivity contribution >= 4 is 0 Å². The molecule has 0 unspecified atom stereocenters. The molecule has 1 heterocycles. The van der Waals surface area contributed by atoms with Crippen LogP contribution in [0.3, 0.4) is 0 Å². The molecule has 0 spiro atoms. The number of nitrogens with zero attached hydrogens (tertiary/aromatic N) is 3. The SMILES string of the molecule is Cc1ccc(-c2nc(CCN)nn2C)cc1C. The summed E-state index contributed by atoms with van der Waals surface area (Å²) in [5.74, 6) is 1.71. The summed E-state index contributed by atoms with van der Waals surface area (Å²) in [5.41, 5.74) is 9.18. The molecule has 0 saturated heterocycles. The first-order valence-electron chi connectivity index (χ1n) is 5.79. The van der Waals surface area contributed by atoms with Crippen LogP contribution < -0.4 is 5.73 Å². The van der Waals surface area contributed by atoms with Gasteiger partial charge in [0.25, 0.3) is 0 Å². The molecule has 90 valence electrons. The first kappa shape index (κ1) is 11.8. The van der Waals surface area contributed by atoms with E-state index in [-0.39, 0.29) is 0 Å². The Labute approximate surface area is 101 Å². The normalized spacial score (nSPS) is 10.8. The first-order chi connectivity index (χ1) is 8.11. The summed E-state index contributed by atoms with van der Waals surface area (Å²) in [7, 11) is 1.91. The van der Waals surface area contributed by atoms with Crippen molar-refractivity contribution in [3.63, 3.8) is 0 Å². The Morgan fingerprint density at radius 1 is 1.24 bits per heavy atom. The van der Waals surface area contributed by atoms with Crippen LogP contribution in [0.1, 0.15) is 17.0 Å². The number of hydrogen-bond acceptors (Lipinski definition) is 3. The number of aromatic nitrogens is 3. The molecule has 1 aromatic carbocycles. The standard InChI is InChI=1S/C13H18N4/c1-9-4-5-11(8-10(9)2)13-15-12(6-7-14)16-17(13)3/h4-5,8H,6-7,14H2,1-3H3. The summed E-state index contributed by atoms with van der Waals surface area (Å²) in [6.07, 6.45) is 0.721. The molecule has 0 atom stereocenters. The summed E-state index contributed by atoms with van der Waals surface area (Å²) in [6, 6.07) is 6.34. The first-order valence-corrected chi connectivity index (χ1v) is 5.79. The zero-order chi connectivity index (χ0) is 12.4. The zero-order valence-corrected chi connectivity index (χ0v) is 10.6. The van der Waals surface area contributed by atoms with Crippen molar-refractivity contribution in [1.82, 2.24) is 14.8 Å². The van der Waals surface area contributed by atoms with E-state index in [9.17, 15) is 0 Å². The Bertz CT molecular complexity index is 528. The van der Waals surface area contributed by atoms with Crippen LogP contribution in [0.4, 0.5) is 0 Å². The Morgan fingerprint density at radius 3 is 2.65 bits per heavy atom. The third-order valence-corrected chi connectivity index (χ3v) is 2.94. The van der Waals surface area contributed by atoms with E-state index in [0.29, 0.717) is 6.54 Å². The predicted octanol–water partition coefficient (Wildman–Crippen LogP) is 1.60. The Hall–Kier alpha value is -1.68. The number of benzene rings is 1. The minimum absolute atomic E-state index is 0.580. The lowest BCUT2D eigenvalue weighted by Gasteiger charge is -2.03. The van der Waals surface area contributed by atoms with E-state index in [1.165, 1.54) is 11.1 Å². The molecule has 2 aromatic rings. The Morgan fingerprint density at radius 2 is 2.00 bits per heavy atom. The minimum atomic E-state index is 0.580. The lowest BCUT2D eigenvalue weighted by atomic mass is 10.1. The van der Waals surface area contributed by atoms with Crippen LogP contribution in [-0.2, 0) is 13.5 Å². The van der Waals surface area contributed by atoms with Gasteiger partial charge in [0.05, 0.1) is 0 Å². The zero-order valence-electron chi connectivity index (χ0n) is 10.6. The molecule has 4 heteroatoms. The molecule has 2 N–H and O–H groups in total. The van der Waals surface area contributed by atoms with Gasteiger partial charge in [0.2, 0.25) is 0 Å². The molecule has 4 nitrogen and oxygen atoms in total. The second kappa shape index (κ2) is 4.67. The summed E-state index contributed by atoms with van der Waals surface area (Å²) in [6.45, 7) is 4.79. The van der Waals surface area contributed by atoms with Crippen molar-refractivity contribution in [3.05, 3.63) is 35.2 Å². The van der Waals surface area contributed by atoms with Gasteiger partial charge >= 0.3 is 0 Å². The molecule has 0 radical (unpaired) electrons. The highest BCUT2D eigenvalue weighted by Crippen LogP contribution is 2.20. The van der Waals surface area contributed by atoms with Crippen LogP contribution >= 0.6 is 0 Å². The molecule has 17 heavy (non-hydrogen) atoms. The van der Waals surface area contributed by atoms with Gasteiger partial charge in [-0.1, -0.05) is 12.1 Å². The predicted molar refractivity (Wildman–Crippen MR) is 68.7 cm³/mol. The smallest absolute Gasteiger partial charge is 0.158 e. The molecule has 0 saturated carbocycles. The molecule has 2 rings (SSSR count). The van der Waals surface area contributed by atoms with E-state index in [1.807, 2.05) is 11.7 Å². The van der Waals surface area contributed by atoms with Crippen molar-refractivity contribution in [1.29, 1.82) is 0 Å². The maximum Gasteiger partial charge on any atom is 0.158 e. The van der Waals surface area contributed by atoms with Gasteiger partial charge in [0.15, 0.2) is 11.6 Å². The van der Waals surface area contributed by atoms with Gasteiger partial charge in [-0.3, -0.25) is 0 Å². The molecule has 0 aliphatic rings. The average Bonchev–Trinajstić information content (AvgIpc) is 2.64. The fourth-order valence-electron chi connectivity index (χ4n) is 1.80. The van der Waals surface area contributed by atoms with Gasteiger partial charge in [-0.05, 0) is 37.6 Å². The summed E-state index contributed by atoms with van der Waals surface area (Å²) in [4.78, 5) is 4.51. The van der Waals surface area contributed by atoms with Crippen molar-refractivity contribution in [2.24, 2.45) is 12.8 Å². The van der Waals surface area contributed by atoms with Crippen LogP contribution in [0.15, 0.2) is 18.2 Å². The highest BCUT2D eigenvalue weighted by Gasteiger charge is 2.09. The maximum absolute atomic E-state index is 5.51. The fraction of sp³-hybridized carbons (Fsp3) is 0.385. The monoisotopic (exact) mass is 230 g/mol.